The van der Waals surface area contributed by atoms with E-state index in [2.05, 4.69) is 26.3 Å². The minimum Gasteiger partial charge on any atom is -0.443 e. The van der Waals surface area contributed by atoms with Crippen LogP contribution in [0.15, 0.2) is 42.7 Å². The summed E-state index contributed by atoms with van der Waals surface area (Å²) >= 11 is 6.03. The first kappa shape index (κ1) is 17.8. The molecule has 136 valence electrons. The van der Waals surface area contributed by atoms with E-state index in [-0.39, 0.29) is 0 Å². The molecule has 3 N–H and O–H groups in total. The number of hydrazine groups is 1. The zero-order valence-electron chi connectivity index (χ0n) is 14.6. The third-order valence-corrected chi connectivity index (χ3v) is 3.39. The van der Waals surface area contributed by atoms with Crippen LogP contribution in [0, 0.1) is 0 Å². The Labute approximate surface area is 155 Å². The summed E-state index contributed by atoms with van der Waals surface area (Å²) in [5.41, 5.74) is 7.67. The first-order chi connectivity index (χ1) is 12.3. The maximum Gasteiger partial charge on any atom is 0.426 e. The number of imidazole rings is 1. The standard InChI is InChI=1S/C17H19ClN6O2/c1-17(2,3)26-16(25)22-21-12-6-4-11(5-7-12)20-13-10-14(18)23-24-9-8-19-15(13)24/h4-10,20-21H,1-3H3,(H,22,25). The number of anilines is 3. The fraction of sp³-hybridized carbons (Fsp3) is 0.235. The normalized spacial score (nSPS) is 11.2. The van der Waals surface area contributed by atoms with Crippen molar-refractivity contribution >= 4 is 40.4 Å². The van der Waals surface area contributed by atoms with Crippen LogP contribution in [0.1, 0.15) is 20.8 Å². The van der Waals surface area contributed by atoms with E-state index in [1.165, 1.54) is 0 Å². The molecule has 0 saturated carbocycles. The van der Waals surface area contributed by atoms with Crippen LogP contribution in [0.25, 0.3) is 5.65 Å². The van der Waals surface area contributed by atoms with Gasteiger partial charge in [0.05, 0.1) is 11.4 Å². The van der Waals surface area contributed by atoms with E-state index in [0.29, 0.717) is 16.5 Å². The lowest BCUT2D eigenvalue weighted by molar-refractivity contribution is 0.0541. The summed E-state index contributed by atoms with van der Waals surface area (Å²) in [7, 11) is 0. The molecule has 0 saturated heterocycles. The van der Waals surface area contributed by atoms with Crippen LogP contribution in [-0.2, 0) is 4.74 Å². The molecule has 0 spiro atoms. The molecule has 0 aliphatic carbocycles. The van der Waals surface area contributed by atoms with Crippen LogP contribution in [0.5, 0.6) is 0 Å². The molecule has 1 amide bonds. The van der Waals surface area contributed by atoms with Crippen molar-refractivity contribution in [3.63, 3.8) is 0 Å². The van der Waals surface area contributed by atoms with Crippen LogP contribution in [-0.4, -0.2) is 26.3 Å². The maximum atomic E-state index is 11.6. The van der Waals surface area contributed by atoms with Crippen molar-refractivity contribution in [1.82, 2.24) is 20.0 Å². The maximum absolute atomic E-state index is 11.6. The van der Waals surface area contributed by atoms with E-state index in [9.17, 15) is 4.79 Å². The minimum absolute atomic E-state index is 0.359. The van der Waals surface area contributed by atoms with Crippen molar-refractivity contribution in [2.75, 3.05) is 10.7 Å². The van der Waals surface area contributed by atoms with E-state index in [1.807, 2.05) is 24.3 Å². The van der Waals surface area contributed by atoms with Crippen LogP contribution < -0.4 is 16.2 Å². The Morgan fingerprint density at radius 1 is 1.19 bits per heavy atom. The molecular formula is C17H19ClN6O2. The Morgan fingerprint density at radius 2 is 1.88 bits per heavy atom. The van der Waals surface area contributed by atoms with Gasteiger partial charge in [-0.2, -0.15) is 5.10 Å². The number of benzene rings is 1. The molecule has 2 heterocycles. The molecule has 0 fully saturated rings. The molecule has 26 heavy (non-hydrogen) atoms. The number of ether oxygens (including phenoxy) is 1. The summed E-state index contributed by atoms with van der Waals surface area (Å²) in [6.45, 7) is 5.40. The number of nitrogens with one attached hydrogen (secondary N) is 3. The van der Waals surface area contributed by atoms with Gasteiger partial charge in [-0.25, -0.2) is 19.7 Å². The average molecular weight is 375 g/mol. The predicted octanol–water partition coefficient (Wildman–Crippen LogP) is 3.98. The number of fused-ring (bicyclic) bond motifs is 1. The Bertz CT molecular complexity index is 917. The van der Waals surface area contributed by atoms with Crippen molar-refractivity contribution in [2.24, 2.45) is 0 Å². The summed E-state index contributed by atoms with van der Waals surface area (Å²) in [6.07, 6.45) is 2.83. The first-order valence-electron chi connectivity index (χ1n) is 7.92. The Morgan fingerprint density at radius 3 is 2.58 bits per heavy atom. The number of nitrogens with zero attached hydrogens (tertiary/aromatic N) is 3. The Balaban J connectivity index is 1.64. The zero-order valence-corrected chi connectivity index (χ0v) is 15.3. The van der Waals surface area contributed by atoms with E-state index in [0.717, 1.165) is 11.4 Å². The molecular weight excluding hydrogens is 356 g/mol. The lowest BCUT2D eigenvalue weighted by atomic mass is 10.2. The summed E-state index contributed by atoms with van der Waals surface area (Å²) in [5.74, 6) is 0. The van der Waals surface area contributed by atoms with Crippen LogP contribution in [0.4, 0.5) is 21.9 Å². The number of amides is 1. The second kappa shape index (κ2) is 7.09. The summed E-state index contributed by atoms with van der Waals surface area (Å²) in [4.78, 5) is 15.9. The molecule has 0 unspecified atom stereocenters. The third kappa shape index (κ3) is 4.54. The molecule has 3 rings (SSSR count). The molecule has 0 atom stereocenters. The highest BCUT2D eigenvalue weighted by atomic mass is 35.5. The Hall–Kier alpha value is -3.00. The fourth-order valence-electron chi connectivity index (χ4n) is 2.20. The van der Waals surface area contributed by atoms with Gasteiger partial charge in [0.2, 0.25) is 0 Å². The number of hydrogen-bond donors (Lipinski definition) is 3. The summed E-state index contributed by atoms with van der Waals surface area (Å²) in [6, 6.07) is 9.04. The van der Waals surface area contributed by atoms with Crippen LogP contribution in [0.3, 0.4) is 0 Å². The van der Waals surface area contributed by atoms with Gasteiger partial charge in [0, 0.05) is 24.1 Å². The highest BCUT2D eigenvalue weighted by Crippen LogP contribution is 2.24. The van der Waals surface area contributed by atoms with E-state index in [1.54, 1.807) is 43.7 Å². The average Bonchev–Trinajstić information content (AvgIpc) is 3.01. The minimum atomic E-state index is -0.552. The van der Waals surface area contributed by atoms with Crippen LogP contribution >= 0.6 is 11.6 Å². The number of carbonyl (C=O) groups is 1. The first-order valence-corrected chi connectivity index (χ1v) is 8.30. The highest BCUT2D eigenvalue weighted by Gasteiger charge is 2.15. The van der Waals surface area contributed by atoms with Gasteiger partial charge >= 0.3 is 6.09 Å². The molecule has 3 aromatic rings. The van der Waals surface area contributed by atoms with Gasteiger partial charge < -0.3 is 10.1 Å². The lowest BCUT2D eigenvalue weighted by Crippen LogP contribution is -2.35. The Kier molecular flexibility index (Phi) is 4.85. The molecule has 0 aliphatic rings. The third-order valence-electron chi connectivity index (χ3n) is 3.20. The summed E-state index contributed by atoms with van der Waals surface area (Å²) < 4.78 is 6.76. The fourth-order valence-corrected chi connectivity index (χ4v) is 2.39. The molecule has 0 aliphatic heterocycles. The molecule has 8 nitrogen and oxygen atoms in total. The topological polar surface area (TPSA) is 92.6 Å². The smallest absolute Gasteiger partial charge is 0.426 e. The van der Waals surface area contributed by atoms with E-state index >= 15 is 0 Å². The second-order valence-electron chi connectivity index (χ2n) is 6.53. The van der Waals surface area contributed by atoms with Crippen molar-refractivity contribution in [2.45, 2.75) is 26.4 Å². The van der Waals surface area contributed by atoms with Crippen molar-refractivity contribution < 1.29 is 9.53 Å². The SMILES string of the molecule is CC(C)(C)OC(=O)NNc1ccc(Nc2cc(Cl)nn3ccnc23)cc1. The predicted molar refractivity (Wildman–Crippen MR) is 101 cm³/mol. The van der Waals surface area contributed by atoms with Gasteiger partial charge in [0.25, 0.3) is 0 Å². The lowest BCUT2D eigenvalue weighted by Gasteiger charge is -2.20. The molecule has 0 bridgehead atoms. The van der Waals surface area contributed by atoms with E-state index < -0.39 is 11.7 Å². The van der Waals surface area contributed by atoms with Crippen LogP contribution in [0.2, 0.25) is 5.15 Å². The van der Waals surface area contributed by atoms with Gasteiger partial charge in [-0.1, -0.05) is 11.6 Å². The van der Waals surface area contributed by atoms with Crippen molar-refractivity contribution in [3.05, 3.63) is 47.9 Å². The van der Waals surface area contributed by atoms with Gasteiger partial charge in [0.15, 0.2) is 10.8 Å². The van der Waals surface area contributed by atoms with Crippen molar-refractivity contribution in [3.8, 4) is 0 Å². The largest absolute Gasteiger partial charge is 0.443 e. The van der Waals surface area contributed by atoms with Gasteiger partial charge in [0.1, 0.15) is 5.60 Å². The number of carbonyl (C=O) groups excluding carboxylic acids is 1. The van der Waals surface area contributed by atoms with E-state index in [4.69, 9.17) is 16.3 Å². The highest BCUT2D eigenvalue weighted by molar-refractivity contribution is 6.29. The number of rotatable bonds is 4. The quantitative estimate of drug-likeness (QED) is 0.598. The molecule has 0 radical (unpaired) electrons. The van der Waals surface area contributed by atoms with Crippen molar-refractivity contribution in [1.29, 1.82) is 0 Å². The van der Waals surface area contributed by atoms with Gasteiger partial charge in [-0.05, 0) is 45.0 Å². The number of hydrogen-bond acceptors (Lipinski definition) is 6. The summed E-state index contributed by atoms with van der Waals surface area (Å²) in [5, 5.41) is 7.74. The molecule has 2 aromatic heterocycles. The number of aromatic nitrogens is 3. The van der Waals surface area contributed by atoms with Gasteiger partial charge in [-0.15, -0.1) is 0 Å². The molecule has 9 heteroatoms. The monoisotopic (exact) mass is 374 g/mol. The molecule has 1 aromatic carbocycles. The second-order valence-corrected chi connectivity index (χ2v) is 6.92. The zero-order chi connectivity index (χ0) is 18.7. The number of halogens is 1. The van der Waals surface area contributed by atoms with Gasteiger partial charge in [-0.3, -0.25) is 5.43 Å².